The lowest BCUT2D eigenvalue weighted by molar-refractivity contribution is -0.119. The molecule has 1 aromatic heterocycles. The first-order valence-electron chi connectivity index (χ1n) is 10.7. The zero-order valence-electron chi connectivity index (χ0n) is 18.3. The Labute approximate surface area is 179 Å². The van der Waals surface area contributed by atoms with Crippen LogP contribution in [0.4, 0.5) is 10.5 Å². The van der Waals surface area contributed by atoms with Crippen molar-refractivity contribution in [3.05, 3.63) is 59.4 Å². The van der Waals surface area contributed by atoms with Gasteiger partial charge in [-0.15, -0.1) is 0 Å². The van der Waals surface area contributed by atoms with Crippen LogP contribution in [0, 0.1) is 0 Å². The van der Waals surface area contributed by atoms with Crippen molar-refractivity contribution < 1.29 is 9.59 Å². The van der Waals surface area contributed by atoms with E-state index >= 15 is 0 Å². The molecule has 1 aliphatic heterocycles. The molecule has 0 aliphatic carbocycles. The van der Waals surface area contributed by atoms with E-state index < -0.39 is 0 Å². The van der Waals surface area contributed by atoms with Crippen molar-refractivity contribution in [3.63, 3.8) is 0 Å². The van der Waals surface area contributed by atoms with Gasteiger partial charge in [0.15, 0.2) is 0 Å². The highest BCUT2D eigenvalue weighted by Gasteiger charge is 2.26. The number of hydrogen-bond donors (Lipinski definition) is 2. The number of aromatic nitrogens is 1. The Balaban J connectivity index is 1.86. The fourth-order valence-electron chi connectivity index (χ4n) is 3.89. The van der Waals surface area contributed by atoms with Gasteiger partial charge in [-0.1, -0.05) is 45.9 Å². The van der Waals surface area contributed by atoms with Gasteiger partial charge in [0, 0.05) is 43.6 Å². The van der Waals surface area contributed by atoms with E-state index in [1.807, 2.05) is 12.1 Å². The van der Waals surface area contributed by atoms with E-state index in [0.29, 0.717) is 31.3 Å². The number of nitrogens with one attached hydrogen (secondary N) is 2. The summed E-state index contributed by atoms with van der Waals surface area (Å²) in [6.07, 6.45) is 4.73. The number of para-hydroxylation sites is 1. The van der Waals surface area contributed by atoms with Gasteiger partial charge in [0.2, 0.25) is 5.91 Å². The molecule has 1 aliphatic rings. The van der Waals surface area contributed by atoms with Crippen LogP contribution in [0.3, 0.4) is 0 Å². The van der Waals surface area contributed by atoms with Crippen LogP contribution in [0.2, 0.25) is 0 Å². The second-order valence-corrected chi connectivity index (χ2v) is 8.59. The molecular weight excluding hydrogens is 376 g/mol. The second kappa shape index (κ2) is 9.74. The van der Waals surface area contributed by atoms with Crippen molar-refractivity contribution >= 4 is 17.6 Å². The molecule has 1 aromatic carbocycles. The van der Waals surface area contributed by atoms with E-state index in [2.05, 4.69) is 61.5 Å². The lowest BCUT2D eigenvalue weighted by atomic mass is 9.93. The zero-order chi connectivity index (χ0) is 21.7. The first kappa shape index (κ1) is 21.8. The molecule has 6 nitrogen and oxygen atoms in total. The number of rotatable bonds is 7. The summed E-state index contributed by atoms with van der Waals surface area (Å²) in [6, 6.07) is 9.87. The minimum Gasteiger partial charge on any atom is -0.352 e. The molecule has 1 saturated heterocycles. The number of carbonyl (C=O) groups is 2. The maximum atomic E-state index is 13.4. The minimum absolute atomic E-state index is 0.0185. The molecule has 1 fully saturated rings. The van der Waals surface area contributed by atoms with Crippen molar-refractivity contribution in [3.8, 4) is 0 Å². The van der Waals surface area contributed by atoms with E-state index in [9.17, 15) is 9.59 Å². The van der Waals surface area contributed by atoms with Crippen LogP contribution in [-0.2, 0) is 11.3 Å². The van der Waals surface area contributed by atoms with Gasteiger partial charge in [-0.3, -0.25) is 9.78 Å². The van der Waals surface area contributed by atoms with Gasteiger partial charge in [0.1, 0.15) is 0 Å². The molecule has 30 heavy (non-hydrogen) atoms. The highest BCUT2D eigenvalue weighted by molar-refractivity contribution is 5.91. The van der Waals surface area contributed by atoms with Crippen LogP contribution in [0.25, 0.3) is 0 Å². The fraction of sp³-hybridized carbons (Fsp3) is 0.458. The van der Waals surface area contributed by atoms with Crippen molar-refractivity contribution in [1.29, 1.82) is 0 Å². The lowest BCUT2D eigenvalue weighted by Gasteiger charge is -2.28. The molecule has 6 heteroatoms. The van der Waals surface area contributed by atoms with Gasteiger partial charge in [0.25, 0.3) is 0 Å². The molecule has 0 bridgehead atoms. The van der Waals surface area contributed by atoms with Crippen LogP contribution in [0.1, 0.15) is 69.1 Å². The summed E-state index contributed by atoms with van der Waals surface area (Å²) in [4.78, 5) is 30.9. The zero-order valence-corrected chi connectivity index (χ0v) is 18.3. The summed E-state index contributed by atoms with van der Waals surface area (Å²) in [5, 5.41) is 6.18. The Morgan fingerprint density at radius 1 is 1.13 bits per heavy atom. The van der Waals surface area contributed by atoms with Crippen molar-refractivity contribution in [2.75, 3.05) is 11.9 Å². The molecule has 0 unspecified atom stereocenters. The molecule has 160 valence electrons. The van der Waals surface area contributed by atoms with Crippen LogP contribution in [0.5, 0.6) is 0 Å². The van der Waals surface area contributed by atoms with Gasteiger partial charge in [-0.25, -0.2) is 4.79 Å². The van der Waals surface area contributed by atoms with Crippen LogP contribution < -0.4 is 10.6 Å². The smallest absolute Gasteiger partial charge is 0.322 e. The van der Waals surface area contributed by atoms with Gasteiger partial charge >= 0.3 is 6.03 Å². The lowest BCUT2D eigenvalue weighted by Crippen LogP contribution is -2.43. The Bertz CT molecular complexity index is 854. The minimum atomic E-state index is -0.150. The van der Waals surface area contributed by atoms with E-state index in [4.69, 9.17) is 0 Å². The summed E-state index contributed by atoms with van der Waals surface area (Å²) in [5.74, 6) is 0.639. The molecule has 3 rings (SSSR count). The summed E-state index contributed by atoms with van der Waals surface area (Å²) < 4.78 is 0. The molecule has 0 spiro atoms. The predicted octanol–water partition coefficient (Wildman–Crippen LogP) is 4.64. The third kappa shape index (κ3) is 5.38. The number of anilines is 1. The van der Waals surface area contributed by atoms with Crippen LogP contribution in [-0.4, -0.2) is 34.4 Å². The second-order valence-electron chi connectivity index (χ2n) is 8.59. The Morgan fingerprint density at radius 3 is 2.30 bits per heavy atom. The molecule has 0 radical (unpaired) electrons. The number of hydrogen-bond acceptors (Lipinski definition) is 3. The third-order valence-electron chi connectivity index (χ3n) is 5.54. The molecule has 3 amide bonds. The standard InChI is InChI=1S/C24H32N4O2/c1-16(2)20-6-5-7-21(17(3)4)23(20)27-24(30)28(14-18-10-12-25-13-11-18)15-19-8-9-22(29)26-19/h5-7,10-13,16-17,19H,8-9,14-15H2,1-4H3,(H,26,29)(H,27,30)/t19-/m0/s1. The van der Waals surface area contributed by atoms with Gasteiger partial charge in [-0.2, -0.15) is 0 Å². The SMILES string of the molecule is CC(C)c1cccc(C(C)C)c1NC(=O)N(Cc1ccncc1)C[C@@H]1CCC(=O)N1. The highest BCUT2D eigenvalue weighted by Crippen LogP contribution is 2.32. The molecule has 2 heterocycles. The summed E-state index contributed by atoms with van der Waals surface area (Å²) >= 11 is 0. The third-order valence-corrected chi connectivity index (χ3v) is 5.54. The number of urea groups is 1. The summed E-state index contributed by atoms with van der Waals surface area (Å²) in [5.41, 5.74) is 4.17. The fourth-order valence-corrected chi connectivity index (χ4v) is 3.89. The first-order chi connectivity index (χ1) is 14.3. The van der Waals surface area contributed by atoms with Crippen molar-refractivity contribution in [2.45, 2.75) is 65.0 Å². The molecule has 1 atom stereocenters. The number of pyridine rings is 1. The average Bonchev–Trinajstić information content (AvgIpc) is 3.12. The Hall–Kier alpha value is -2.89. The van der Waals surface area contributed by atoms with Gasteiger partial charge in [0.05, 0.1) is 0 Å². The van der Waals surface area contributed by atoms with E-state index in [0.717, 1.165) is 28.8 Å². The topological polar surface area (TPSA) is 74.3 Å². The maximum Gasteiger partial charge on any atom is 0.322 e. The summed E-state index contributed by atoms with van der Waals surface area (Å²) in [6.45, 7) is 9.48. The Kier molecular flexibility index (Phi) is 7.08. The number of carbonyl (C=O) groups excluding carboxylic acids is 2. The monoisotopic (exact) mass is 408 g/mol. The highest BCUT2D eigenvalue weighted by atomic mass is 16.2. The molecular formula is C24H32N4O2. The van der Waals surface area contributed by atoms with E-state index in [1.54, 1.807) is 17.3 Å². The quantitative estimate of drug-likeness (QED) is 0.701. The summed E-state index contributed by atoms with van der Waals surface area (Å²) in [7, 11) is 0. The number of amides is 3. The largest absolute Gasteiger partial charge is 0.352 e. The average molecular weight is 409 g/mol. The maximum absolute atomic E-state index is 13.4. The van der Waals surface area contributed by atoms with Crippen LogP contribution >= 0.6 is 0 Å². The number of benzene rings is 1. The predicted molar refractivity (Wildman–Crippen MR) is 119 cm³/mol. The van der Waals surface area contributed by atoms with Gasteiger partial charge < -0.3 is 15.5 Å². The molecule has 2 N–H and O–H groups in total. The van der Waals surface area contributed by atoms with E-state index in [-0.39, 0.29) is 18.0 Å². The normalized spacial score (nSPS) is 16.1. The van der Waals surface area contributed by atoms with Gasteiger partial charge in [-0.05, 0) is 47.1 Å². The van der Waals surface area contributed by atoms with Crippen molar-refractivity contribution in [1.82, 2.24) is 15.2 Å². The molecule has 2 aromatic rings. The van der Waals surface area contributed by atoms with Crippen molar-refractivity contribution in [2.24, 2.45) is 0 Å². The first-order valence-corrected chi connectivity index (χ1v) is 10.7. The molecule has 0 saturated carbocycles. The van der Waals surface area contributed by atoms with E-state index in [1.165, 1.54) is 0 Å². The number of nitrogens with zero attached hydrogens (tertiary/aromatic N) is 2. The Morgan fingerprint density at radius 2 is 1.77 bits per heavy atom. The van der Waals surface area contributed by atoms with Crippen LogP contribution in [0.15, 0.2) is 42.7 Å².